The van der Waals surface area contributed by atoms with E-state index in [2.05, 4.69) is 5.32 Å². The molecule has 0 atom stereocenters. The Labute approximate surface area is 123 Å². The highest BCUT2D eigenvalue weighted by atomic mass is 32.2. The minimum absolute atomic E-state index is 0.477. The molecule has 0 bridgehead atoms. The molecule has 114 valence electrons. The van der Waals surface area contributed by atoms with Gasteiger partial charge in [0.05, 0.1) is 0 Å². The number of carbonyl (C=O) groups is 2. The fourth-order valence-electron chi connectivity index (χ4n) is 2.01. The Hall–Kier alpha value is -2.09. The Balaban J connectivity index is 2.10. The van der Waals surface area contributed by atoms with E-state index in [0.29, 0.717) is 15.7 Å². The van der Waals surface area contributed by atoms with E-state index in [1.807, 2.05) is 0 Å². The summed E-state index contributed by atoms with van der Waals surface area (Å²) in [5.41, 5.74) is 7.39. The van der Waals surface area contributed by atoms with Gasteiger partial charge in [-0.15, -0.1) is 0 Å². The van der Waals surface area contributed by atoms with E-state index in [4.69, 9.17) is 5.73 Å². The molecule has 1 saturated heterocycles. The molecule has 21 heavy (non-hydrogen) atoms. The van der Waals surface area contributed by atoms with Crippen molar-refractivity contribution in [3.63, 3.8) is 0 Å². The van der Waals surface area contributed by atoms with Gasteiger partial charge in [0.2, 0.25) is 5.91 Å². The predicted molar refractivity (Wildman–Crippen MR) is 78.9 cm³/mol. The lowest BCUT2D eigenvalue weighted by Crippen LogP contribution is -2.68. The summed E-state index contributed by atoms with van der Waals surface area (Å²) in [5, 5.41) is 2.56. The van der Waals surface area contributed by atoms with Crippen LogP contribution in [0.25, 0.3) is 0 Å². The number of nitrogens with zero attached hydrogens (tertiary/aromatic N) is 1. The van der Waals surface area contributed by atoms with Crippen LogP contribution in [0.15, 0.2) is 18.2 Å². The number of rotatable bonds is 3. The first kappa shape index (κ1) is 15.3. The normalized spacial score (nSPS) is 19.0. The van der Waals surface area contributed by atoms with Crippen molar-refractivity contribution in [3.8, 4) is 0 Å². The Morgan fingerprint density at radius 1 is 1.38 bits per heavy atom. The molecule has 8 heteroatoms. The monoisotopic (exact) mass is 311 g/mol. The van der Waals surface area contributed by atoms with E-state index in [0.717, 1.165) is 5.56 Å². The second-order valence-electron chi connectivity index (χ2n) is 5.45. The molecule has 2 rings (SSSR count). The van der Waals surface area contributed by atoms with Crippen molar-refractivity contribution in [2.24, 2.45) is 0 Å². The van der Waals surface area contributed by atoms with Crippen molar-refractivity contribution in [2.75, 3.05) is 17.6 Å². The third kappa shape index (κ3) is 2.35. The van der Waals surface area contributed by atoms with Crippen LogP contribution < -0.4 is 11.1 Å². The lowest BCUT2D eigenvalue weighted by atomic mass is 10.1. The molecular weight excluding hydrogens is 294 g/mol. The van der Waals surface area contributed by atoms with Gasteiger partial charge in [-0.1, -0.05) is 6.07 Å². The highest BCUT2D eigenvalue weighted by Crippen LogP contribution is 2.34. The zero-order valence-electron chi connectivity index (χ0n) is 12.0. The van der Waals surface area contributed by atoms with Gasteiger partial charge in [0.25, 0.3) is 15.9 Å². The molecule has 1 fully saturated rings. The number of hydrogen-bond donors (Lipinski definition) is 2. The molecule has 7 nitrogen and oxygen atoms in total. The SMILES string of the molecule is Cc1ccc(N)cc1NC(=O)CN1C(=O)C(C)(C)S1(=O)=O. The Kier molecular flexibility index (Phi) is 3.45. The molecule has 0 saturated carbocycles. The number of nitrogens with two attached hydrogens (primary N) is 1. The molecule has 1 aromatic carbocycles. The summed E-state index contributed by atoms with van der Waals surface area (Å²) < 4.78 is 22.9. The van der Waals surface area contributed by atoms with Crippen LogP contribution in [-0.4, -0.2) is 35.8 Å². The van der Waals surface area contributed by atoms with Crippen molar-refractivity contribution in [3.05, 3.63) is 23.8 Å². The largest absolute Gasteiger partial charge is 0.399 e. The maximum absolute atomic E-state index is 11.9. The fourth-order valence-corrected chi connectivity index (χ4v) is 3.49. The molecule has 0 unspecified atom stereocenters. The molecule has 1 heterocycles. The smallest absolute Gasteiger partial charge is 0.259 e. The van der Waals surface area contributed by atoms with Gasteiger partial charge in [0.15, 0.2) is 4.75 Å². The van der Waals surface area contributed by atoms with E-state index < -0.39 is 33.1 Å². The summed E-state index contributed by atoms with van der Waals surface area (Å²) in [4.78, 5) is 23.7. The minimum Gasteiger partial charge on any atom is -0.399 e. The van der Waals surface area contributed by atoms with Crippen LogP contribution in [0.2, 0.25) is 0 Å². The second kappa shape index (κ2) is 4.73. The highest BCUT2D eigenvalue weighted by Gasteiger charge is 2.60. The maximum Gasteiger partial charge on any atom is 0.259 e. The van der Waals surface area contributed by atoms with Crippen molar-refractivity contribution in [2.45, 2.75) is 25.5 Å². The van der Waals surface area contributed by atoms with Crippen LogP contribution >= 0.6 is 0 Å². The number of nitrogen functional groups attached to an aromatic ring is 1. The predicted octanol–water partition coefficient (Wildman–Crippen LogP) is 0.466. The van der Waals surface area contributed by atoms with Crippen LogP contribution in [0.5, 0.6) is 0 Å². The molecule has 0 radical (unpaired) electrons. The first-order valence-corrected chi connectivity index (χ1v) is 7.74. The number of sulfonamides is 1. The molecule has 1 aliphatic heterocycles. The van der Waals surface area contributed by atoms with Crippen molar-refractivity contribution in [1.82, 2.24) is 4.31 Å². The van der Waals surface area contributed by atoms with Crippen LogP contribution in [0.3, 0.4) is 0 Å². The van der Waals surface area contributed by atoms with Gasteiger partial charge in [0.1, 0.15) is 6.54 Å². The molecular formula is C13H17N3O4S. The van der Waals surface area contributed by atoms with Crippen molar-refractivity contribution < 1.29 is 18.0 Å². The second-order valence-corrected chi connectivity index (χ2v) is 7.86. The van der Waals surface area contributed by atoms with Gasteiger partial charge in [-0.25, -0.2) is 12.7 Å². The Morgan fingerprint density at radius 2 is 2.00 bits per heavy atom. The zero-order chi connectivity index (χ0) is 16.0. The van der Waals surface area contributed by atoms with Crippen LogP contribution in [0, 0.1) is 6.92 Å². The third-order valence-electron chi connectivity index (χ3n) is 3.50. The number of aryl methyl sites for hydroxylation is 1. The Bertz CT molecular complexity index is 725. The average molecular weight is 311 g/mol. The number of carbonyl (C=O) groups excluding carboxylic acids is 2. The standard InChI is InChI=1S/C13H17N3O4S/c1-8-4-5-9(14)6-10(8)15-11(17)7-16-12(18)13(2,3)21(16,19)20/h4-6H,7,14H2,1-3H3,(H,15,17). The number of amides is 2. The van der Waals surface area contributed by atoms with Crippen molar-refractivity contribution in [1.29, 1.82) is 0 Å². The first-order valence-electron chi connectivity index (χ1n) is 6.30. The molecule has 0 spiro atoms. The number of anilines is 2. The van der Waals surface area contributed by atoms with Gasteiger partial charge in [-0.2, -0.15) is 0 Å². The molecule has 2 amide bonds. The lowest BCUT2D eigenvalue weighted by Gasteiger charge is -2.42. The number of benzene rings is 1. The van der Waals surface area contributed by atoms with Gasteiger partial charge >= 0.3 is 0 Å². The topological polar surface area (TPSA) is 110 Å². The third-order valence-corrected chi connectivity index (χ3v) is 5.84. The highest BCUT2D eigenvalue weighted by molar-refractivity contribution is 7.94. The zero-order valence-corrected chi connectivity index (χ0v) is 12.8. The van der Waals surface area contributed by atoms with Crippen LogP contribution in [0.4, 0.5) is 11.4 Å². The summed E-state index contributed by atoms with van der Waals surface area (Å²) in [6.45, 7) is 3.89. The quantitative estimate of drug-likeness (QED) is 0.788. The Morgan fingerprint density at radius 3 is 2.57 bits per heavy atom. The van der Waals surface area contributed by atoms with Gasteiger partial charge in [-0.3, -0.25) is 9.59 Å². The molecule has 1 aliphatic rings. The molecule has 1 aromatic rings. The summed E-state index contributed by atoms with van der Waals surface area (Å²) in [6, 6.07) is 5.00. The first-order chi connectivity index (χ1) is 9.57. The van der Waals surface area contributed by atoms with E-state index in [9.17, 15) is 18.0 Å². The summed E-state index contributed by atoms with van der Waals surface area (Å²) in [5.74, 6) is -1.17. The van der Waals surface area contributed by atoms with E-state index in [1.165, 1.54) is 13.8 Å². The van der Waals surface area contributed by atoms with E-state index >= 15 is 0 Å². The van der Waals surface area contributed by atoms with E-state index in [1.54, 1.807) is 25.1 Å². The molecule has 0 aliphatic carbocycles. The van der Waals surface area contributed by atoms with Crippen LogP contribution in [-0.2, 0) is 19.6 Å². The lowest BCUT2D eigenvalue weighted by molar-refractivity contribution is -0.134. The summed E-state index contributed by atoms with van der Waals surface area (Å²) in [7, 11) is -3.76. The average Bonchev–Trinajstić information content (AvgIpc) is 2.39. The maximum atomic E-state index is 11.9. The van der Waals surface area contributed by atoms with Gasteiger partial charge < -0.3 is 11.1 Å². The van der Waals surface area contributed by atoms with Crippen molar-refractivity contribution >= 4 is 33.2 Å². The minimum atomic E-state index is -3.76. The van der Waals surface area contributed by atoms with Gasteiger partial charge in [-0.05, 0) is 38.5 Å². The summed E-state index contributed by atoms with van der Waals surface area (Å²) in [6.07, 6.45) is 0. The number of hydrogen-bond acceptors (Lipinski definition) is 5. The molecule has 0 aromatic heterocycles. The van der Waals surface area contributed by atoms with Gasteiger partial charge in [0, 0.05) is 11.4 Å². The van der Waals surface area contributed by atoms with E-state index in [-0.39, 0.29) is 0 Å². The summed E-state index contributed by atoms with van der Waals surface area (Å²) >= 11 is 0. The molecule has 3 N–H and O–H groups in total. The number of nitrogens with one attached hydrogen (secondary N) is 1. The fraction of sp³-hybridized carbons (Fsp3) is 0.385. The van der Waals surface area contributed by atoms with Crippen LogP contribution in [0.1, 0.15) is 19.4 Å².